The third kappa shape index (κ3) is 3.42. The molecule has 0 radical (unpaired) electrons. The zero-order valence-corrected chi connectivity index (χ0v) is 15.2. The Kier molecular flexibility index (Phi) is 5.10. The van der Waals surface area contributed by atoms with Gasteiger partial charge in [0.1, 0.15) is 0 Å². The van der Waals surface area contributed by atoms with Crippen LogP contribution in [0.3, 0.4) is 0 Å². The summed E-state index contributed by atoms with van der Waals surface area (Å²) in [6.07, 6.45) is 1.29. The first-order chi connectivity index (χ1) is 11.5. The van der Waals surface area contributed by atoms with Crippen LogP contribution in [0.4, 0.5) is 16.2 Å². The van der Waals surface area contributed by atoms with Crippen LogP contribution in [-0.4, -0.2) is 42.9 Å². The van der Waals surface area contributed by atoms with E-state index in [0.29, 0.717) is 36.9 Å². The smallest absolute Gasteiger partial charge is 0.411 e. The number of carboxylic acid groups (broad SMARTS) is 1. The Bertz CT molecular complexity index is 645. The molecule has 2 amide bonds. The molecular formula is C17H21BrN2O4. The first kappa shape index (κ1) is 17.2. The van der Waals surface area contributed by atoms with Gasteiger partial charge in [0.05, 0.1) is 17.4 Å². The van der Waals surface area contributed by atoms with Crippen molar-refractivity contribution in [2.24, 2.45) is 5.92 Å². The third-order valence-electron chi connectivity index (χ3n) is 4.68. The Morgan fingerprint density at radius 1 is 1.29 bits per heavy atom. The van der Waals surface area contributed by atoms with Gasteiger partial charge >= 0.3 is 6.09 Å². The van der Waals surface area contributed by atoms with Crippen LogP contribution < -0.4 is 9.80 Å². The van der Waals surface area contributed by atoms with E-state index in [-0.39, 0.29) is 18.5 Å². The molecule has 1 aromatic carbocycles. The summed E-state index contributed by atoms with van der Waals surface area (Å²) in [6, 6.07) is 5.21. The minimum atomic E-state index is -1.00. The second-order valence-corrected chi connectivity index (χ2v) is 7.31. The van der Waals surface area contributed by atoms with Crippen molar-refractivity contribution >= 4 is 39.3 Å². The molecule has 2 heterocycles. The van der Waals surface area contributed by atoms with E-state index in [9.17, 15) is 14.7 Å². The minimum Gasteiger partial charge on any atom is -0.465 e. The molecule has 130 valence electrons. The lowest BCUT2D eigenvalue weighted by atomic mass is 9.95. The van der Waals surface area contributed by atoms with E-state index in [0.717, 1.165) is 17.3 Å². The third-order valence-corrected chi connectivity index (χ3v) is 5.17. The highest BCUT2D eigenvalue weighted by molar-refractivity contribution is 9.10. The Morgan fingerprint density at radius 2 is 2.00 bits per heavy atom. The summed E-state index contributed by atoms with van der Waals surface area (Å²) in [7, 11) is 0. The van der Waals surface area contributed by atoms with Crippen LogP contribution in [0.15, 0.2) is 22.7 Å². The van der Waals surface area contributed by atoms with Crippen LogP contribution in [0.2, 0.25) is 0 Å². The Hall–Kier alpha value is -1.60. The van der Waals surface area contributed by atoms with Crippen LogP contribution in [0.1, 0.15) is 26.2 Å². The van der Waals surface area contributed by atoms with Gasteiger partial charge in [-0.15, -0.1) is 0 Å². The number of nitrogens with zero attached hydrogens (tertiary/aromatic N) is 2. The number of hydrogen-bond acceptors (Lipinski definition) is 3. The molecule has 0 spiro atoms. The number of amides is 2. The molecular weight excluding hydrogens is 376 g/mol. The lowest BCUT2D eigenvalue weighted by Gasteiger charge is -2.40. The Labute approximate surface area is 149 Å². The molecule has 0 aromatic heterocycles. The summed E-state index contributed by atoms with van der Waals surface area (Å²) >= 11 is 3.38. The summed E-state index contributed by atoms with van der Waals surface area (Å²) in [5, 5.41) is 9.47. The summed E-state index contributed by atoms with van der Waals surface area (Å²) in [6.45, 7) is 3.59. The fourth-order valence-electron chi connectivity index (χ4n) is 3.46. The van der Waals surface area contributed by atoms with Gasteiger partial charge in [-0.3, -0.25) is 9.69 Å². The monoisotopic (exact) mass is 396 g/mol. The maximum atomic E-state index is 12.9. The molecule has 1 N–H and O–H groups in total. The Balaban J connectivity index is 1.88. The zero-order valence-electron chi connectivity index (χ0n) is 13.6. The lowest BCUT2D eigenvalue weighted by molar-refractivity contribution is -0.120. The van der Waals surface area contributed by atoms with Crippen molar-refractivity contribution in [2.45, 2.75) is 32.2 Å². The first-order valence-corrected chi connectivity index (χ1v) is 8.96. The highest BCUT2D eigenvalue weighted by Gasteiger charge is 2.35. The van der Waals surface area contributed by atoms with Gasteiger partial charge in [0.25, 0.3) is 0 Å². The van der Waals surface area contributed by atoms with Gasteiger partial charge < -0.3 is 14.7 Å². The summed E-state index contributed by atoms with van der Waals surface area (Å²) in [5.74, 6) is 0.401. The molecule has 3 rings (SSSR count). The lowest BCUT2D eigenvalue weighted by Crippen LogP contribution is -2.52. The summed E-state index contributed by atoms with van der Waals surface area (Å²) in [4.78, 5) is 27.5. The molecule has 0 aliphatic carbocycles. The van der Waals surface area contributed by atoms with Gasteiger partial charge in [0.2, 0.25) is 5.91 Å². The number of hydrogen-bond donors (Lipinski definition) is 1. The molecule has 2 aliphatic heterocycles. The molecule has 1 saturated heterocycles. The molecule has 24 heavy (non-hydrogen) atoms. The van der Waals surface area contributed by atoms with Gasteiger partial charge in [-0.25, -0.2) is 4.79 Å². The summed E-state index contributed by atoms with van der Waals surface area (Å²) < 4.78 is 6.15. The second-order valence-electron chi connectivity index (χ2n) is 6.40. The number of anilines is 2. The highest BCUT2D eigenvalue weighted by Crippen LogP contribution is 2.38. The van der Waals surface area contributed by atoms with Gasteiger partial charge in [0.15, 0.2) is 0 Å². The SMILES string of the molecule is CC1CN(C(=O)O)c2cc(Br)ccc2N1C(=O)CC1CCOCC1. The number of benzene rings is 1. The average molecular weight is 397 g/mol. The molecule has 1 fully saturated rings. The van der Waals surface area contributed by atoms with Crippen LogP contribution in [-0.2, 0) is 9.53 Å². The fraction of sp³-hybridized carbons (Fsp3) is 0.529. The van der Waals surface area contributed by atoms with Crippen molar-refractivity contribution in [3.8, 4) is 0 Å². The number of carbonyl (C=O) groups is 2. The summed E-state index contributed by atoms with van der Waals surface area (Å²) in [5.41, 5.74) is 1.21. The average Bonchev–Trinajstić information content (AvgIpc) is 2.55. The van der Waals surface area contributed by atoms with Crippen molar-refractivity contribution in [2.75, 3.05) is 29.6 Å². The molecule has 0 saturated carbocycles. The van der Waals surface area contributed by atoms with Gasteiger partial charge in [-0.1, -0.05) is 15.9 Å². The van der Waals surface area contributed by atoms with Crippen molar-refractivity contribution in [1.29, 1.82) is 0 Å². The quantitative estimate of drug-likeness (QED) is 0.830. The molecule has 7 heteroatoms. The van der Waals surface area contributed by atoms with Crippen LogP contribution in [0.25, 0.3) is 0 Å². The minimum absolute atomic E-state index is 0.0583. The van der Waals surface area contributed by atoms with Crippen LogP contribution >= 0.6 is 15.9 Å². The van der Waals surface area contributed by atoms with E-state index in [1.54, 1.807) is 11.0 Å². The molecule has 2 aliphatic rings. The number of ether oxygens (including phenoxy) is 1. The van der Waals surface area contributed by atoms with E-state index in [1.807, 2.05) is 19.1 Å². The van der Waals surface area contributed by atoms with Crippen molar-refractivity contribution in [1.82, 2.24) is 0 Å². The van der Waals surface area contributed by atoms with Crippen LogP contribution in [0, 0.1) is 5.92 Å². The number of carbonyl (C=O) groups excluding carboxylic acids is 1. The highest BCUT2D eigenvalue weighted by atomic mass is 79.9. The second kappa shape index (κ2) is 7.11. The number of rotatable bonds is 2. The van der Waals surface area contributed by atoms with Crippen molar-refractivity contribution in [3.05, 3.63) is 22.7 Å². The number of halogens is 1. The standard InChI is InChI=1S/C17H21BrN2O4/c1-11-10-19(17(22)23)15-9-13(18)2-3-14(15)20(11)16(21)8-12-4-6-24-7-5-12/h2-3,9,11-12H,4-8,10H2,1H3,(H,22,23). The van der Waals surface area contributed by atoms with E-state index in [1.165, 1.54) is 4.90 Å². The number of fused-ring (bicyclic) bond motifs is 1. The largest absolute Gasteiger partial charge is 0.465 e. The topological polar surface area (TPSA) is 70.1 Å². The normalized spacial score (nSPS) is 21.5. The van der Waals surface area contributed by atoms with Crippen molar-refractivity contribution < 1.29 is 19.4 Å². The molecule has 1 unspecified atom stereocenters. The van der Waals surface area contributed by atoms with E-state index >= 15 is 0 Å². The molecule has 6 nitrogen and oxygen atoms in total. The van der Waals surface area contributed by atoms with Crippen molar-refractivity contribution in [3.63, 3.8) is 0 Å². The van der Waals surface area contributed by atoms with E-state index in [4.69, 9.17) is 4.74 Å². The molecule has 1 atom stereocenters. The first-order valence-electron chi connectivity index (χ1n) is 8.17. The van der Waals surface area contributed by atoms with Gasteiger partial charge in [-0.05, 0) is 43.9 Å². The zero-order chi connectivity index (χ0) is 17.3. The fourth-order valence-corrected chi connectivity index (χ4v) is 3.80. The van der Waals surface area contributed by atoms with Gasteiger partial charge in [0, 0.05) is 30.7 Å². The van der Waals surface area contributed by atoms with E-state index < -0.39 is 6.09 Å². The maximum absolute atomic E-state index is 12.9. The predicted octanol–water partition coefficient (Wildman–Crippen LogP) is 3.49. The molecule has 1 aromatic rings. The van der Waals surface area contributed by atoms with E-state index in [2.05, 4.69) is 15.9 Å². The maximum Gasteiger partial charge on any atom is 0.411 e. The Morgan fingerprint density at radius 3 is 2.67 bits per heavy atom. The predicted molar refractivity (Wildman–Crippen MR) is 94.6 cm³/mol. The molecule has 0 bridgehead atoms. The van der Waals surface area contributed by atoms with Crippen LogP contribution in [0.5, 0.6) is 0 Å². The van der Waals surface area contributed by atoms with Gasteiger partial charge in [-0.2, -0.15) is 0 Å².